The quantitative estimate of drug-likeness (QED) is 0.480. The number of nitrogens with zero attached hydrogens (tertiary/aromatic N) is 5. The van der Waals surface area contributed by atoms with Crippen molar-refractivity contribution in [3.05, 3.63) is 84.7 Å². The van der Waals surface area contributed by atoms with Crippen molar-refractivity contribution in [3.8, 4) is 5.69 Å². The second kappa shape index (κ2) is 8.18. The fourth-order valence-electron chi connectivity index (χ4n) is 3.82. The molecule has 0 spiro atoms. The van der Waals surface area contributed by atoms with Crippen LogP contribution in [0.4, 0.5) is 0 Å². The number of sulfonamides is 1. The van der Waals surface area contributed by atoms with Gasteiger partial charge in [0.15, 0.2) is 5.69 Å². The standard InChI is InChI=1S/C23H21N5O3S/c29-23(22-17-24-28(25-22)20-8-2-1-3-9-20)26-12-14-27(15-13-26)32(30,31)21-11-10-18-6-4-5-7-19(18)16-21/h1-11,16-17H,12-15H2. The van der Waals surface area contributed by atoms with Gasteiger partial charge in [0.1, 0.15) is 0 Å². The van der Waals surface area contributed by atoms with Crippen LogP contribution in [0, 0.1) is 0 Å². The molecule has 1 aliphatic rings. The van der Waals surface area contributed by atoms with Crippen molar-refractivity contribution in [2.75, 3.05) is 26.2 Å². The molecule has 0 N–H and O–H groups in total. The molecule has 5 rings (SSSR count). The Morgan fingerprint density at radius 2 is 1.50 bits per heavy atom. The molecule has 0 saturated carbocycles. The van der Waals surface area contributed by atoms with Gasteiger partial charge in [-0.05, 0) is 35.0 Å². The van der Waals surface area contributed by atoms with Crippen molar-refractivity contribution in [2.24, 2.45) is 0 Å². The molecule has 1 amide bonds. The number of para-hydroxylation sites is 1. The van der Waals surface area contributed by atoms with E-state index in [0.29, 0.717) is 13.1 Å². The summed E-state index contributed by atoms with van der Waals surface area (Å²) in [6.07, 6.45) is 1.44. The second-order valence-corrected chi connectivity index (χ2v) is 9.50. The Hall–Kier alpha value is -3.56. The third-order valence-corrected chi connectivity index (χ3v) is 7.48. The molecular formula is C23H21N5O3S. The summed E-state index contributed by atoms with van der Waals surface area (Å²) in [6.45, 7) is 1.05. The minimum absolute atomic E-state index is 0.230. The molecule has 32 heavy (non-hydrogen) atoms. The van der Waals surface area contributed by atoms with E-state index in [0.717, 1.165) is 16.5 Å². The van der Waals surface area contributed by atoms with Gasteiger partial charge in [0.2, 0.25) is 10.0 Å². The predicted molar refractivity (Wildman–Crippen MR) is 120 cm³/mol. The molecule has 0 unspecified atom stereocenters. The normalized spacial score (nSPS) is 15.2. The summed E-state index contributed by atoms with van der Waals surface area (Å²) in [5.41, 5.74) is 0.998. The molecule has 4 aromatic rings. The number of carbonyl (C=O) groups excluding carboxylic acids is 1. The molecule has 1 fully saturated rings. The highest BCUT2D eigenvalue weighted by atomic mass is 32.2. The SMILES string of the molecule is O=C(c1cnn(-c2ccccc2)n1)N1CCN(S(=O)(=O)c2ccc3ccccc3c2)CC1. The first-order chi connectivity index (χ1) is 15.5. The molecule has 2 heterocycles. The molecule has 3 aromatic carbocycles. The van der Waals surface area contributed by atoms with Crippen LogP contribution in [0.3, 0.4) is 0 Å². The summed E-state index contributed by atoms with van der Waals surface area (Å²) < 4.78 is 27.7. The van der Waals surface area contributed by atoms with E-state index in [1.807, 2.05) is 60.7 Å². The van der Waals surface area contributed by atoms with Gasteiger partial charge in [0, 0.05) is 26.2 Å². The van der Waals surface area contributed by atoms with Gasteiger partial charge in [-0.2, -0.15) is 14.2 Å². The molecule has 1 saturated heterocycles. The third-order valence-electron chi connectivity index (χ3n) is 5.58. The lowest BCUT2D eigenvalue weighted by molar-refractivity contribution is 0.0691. The molecule has 0 radical (unpaired) electrons. The highest BCUT2D eigenvalue weighted by Crippen LogP contribution is 2.23. The smallest absolute Gasteiger partial charge is 0.276 e. The minimum Gasteiger partial charge on any atom is -0.335 e. The number of piperazine rings is 1. The summed E-state index contributed by atoms with van der Waals surface area (Å²) in [4.78, 5) is 16.2. The van der Waals surface area contributed by atoms with Gasteiger partial charge in [-0.3, -0.25) is 4.79 Å². The Bertz CT molecular complexity index is 1380. The van der Waals surface area contributed by atoms with Gasteiger partial charge in [0.05, 0.1) is 16.8 Å². The summed E-state index contributed by atoms with van der Waals surface area (Å²) in [7, 11) is -3.64. The average molecular weight is 448 g/mol. The van der Waals surface area contributed by atoms with Crippen molar-refractivity contribution in [1.29, 1.82) is 0 Å². The number of carbonyl (C=O) groups is 1. The van der Waals surface area contributed by atoms with Gasteiger partial charge in [0.25, 0.3) is 5.91 Å². The largest absolute Gasteiger partial charge is 0.335 e. The topological polar surface area (TPSA) is 88.4 Å². The fourth-order valence-corrected chi connectivity index (χ4v) is 5.28. The highest BCUT2D eigenvalue weighted by molar-refractivity contribution is 7.89. The van der Waals surface area contributed by atoms with E-state index in [-0.39, 0.29) is 29.6 Å². The summed E-state index contributed by atoms with van der Waals surface area (Å²) in [5, 5.41) is 10.3. The van der Waals surface area contributed by atoms with E-state index in [1.54, 1.807) is 17.0 Å². The van der Waals surface area contributed by atoms with Gasteiger partial charge < -0.3 is 4.90 Å². The summed E-state index contributed by atoms with van der Waals surface area (Å²) in [5.74, 6) is -0.255. The Morgan fingerprint density at radius 1 is 0.812 bits per heavy atom. The number of benzene rings is 3. The van der Waals surface area contributed by atoms with Crippen LogP contribution in [0.2, 0.25) is 0 Å². The van der Waals surface area contributed by atoms with E-state index in [9.17, 15) is 13.2 Å². The second-order valence-electron chi connectivity index (χ2n) is 7.56. The zero-order valence-electron chi connectivity index (χ0n) is 17.2. The summed E-state index contributed by atoms with van der Waals surface area (Å²) in [6, 6.07) is 22.1. The van der Waals surface area contributed by atoms with E-state index < -0.39 is 10.0 Å². The third kappa shape index (κ3) is 3.76. The zero-order valence-corrected chi connectivity index (χ0v) is 18.0. The van der Waals surface area contributed by atoms with Crippen molar-refractivity contribution in [1.82, 2.24) is 24.2 Å². The number of rotatable bonds is 4. The molecular weight excluding hydrogens is 426 g/mol. The van der Waals surface area contributed by atoms with E-state index in [2.05, 4.69) is 10.2 Å². The van der Waals surface area contributed by atoms with Gasteiger partial charge in [-0.15, -0.1) is 5.10 Å². The number of amides is 1. The average Bonchev–Trinajstić information content (AvgIpc) is 3.34. The highest BCUT2D eigenvalue weighted by Gasteiger charge is 2.31. The molecule has 162 valence electrons. The van der Waals surface area contributed by atoms with Crippen LogP contribution in [0.5, 0.6) is 0 Å². The lowest BCUT2D eigenvalue weighted by Crippen LogP contribution is -2.50. The lowest BCUT2D eigenvalue weighted by atomic mass is 10.1. The maximum Gasteiger partial charge on any atom is 0.276 e. The molecule has 0 bridgehead atoms. The predicted octanol–water partition coefficient (Wildman–Crippen LogP) is 2.57. The first-order valence-electron chi connectivity index (χ1n) is 10.3. The Labute approximate surface area is 185 Å². The van der Waals surface area contributed by atoms with Crippen molar-refractivity contribution >= 4 is 26.7 Å². The van der Waals surface area contributed by atoms with Crippen LogP contribution in [0.15, 0.2) is 83.9 Å². The van der Waals surface area contributed by atoms with Crippen LogP contribution in [0.1, 0.15) is 10.5 Å². The van der Waals surface area contributed by atoms with Crippen LogP contribution in [-0.4, -0.2) is 64.7 Å². The molecule has 9 heteroatoms. The van der Waals surface area contributed by atoms with Crippen LogP contribution in [-0.2, 0) is 10.0 Å². The van der Waals surface area contributed by atoms with E-state index >= 15 is 0 Å². The zero-order chi connectivity index (χ0) is 22.1. The van der Waals surface area contributed by atoms with E-state index in [1.165, 1.54) is 15.3 Å². The molecule has 8 nitrogen and oxygen atoms in total. The molecule has 1 aliphatic heterocycles. The number of aromatic nitrogens is 3. The van der Waals surface area contributed by atoms with Crippen molar-refractivity contribution in [2.45, 2.75) is 4.90 Å². The number of fused-ring (bicyclic) bond motifs is 1. The number of hydrogen-bond donors (Lipinski definition) is 0. The first-order valence-corrected chi connectivity index (χ1v) is 11.7. The maximum atomic E-state index is 13.1. The Morgan fingerprint density at radius 3 is 2.25 bits per heavy atom. The Kier molecular flexibility index (Phi) is 5.20. The van der Waals surface area contributed by atoms with Crippen molar-refractivity contribution < 1.29 is 13.2 Å². The van der Waals surface area contributed by atoms with Crippen LogP contribution >= 0.6 is 0 Å². The molecule has 0 aliphatic carbocycles. The molecule has 0 atom stereocenters. The Balaban J connectivity index is 1.28. The summed E-state index contributed by atoms with van der Waals surface area (Å²) >= 11 is 0. The van der Waals surface area contributed by atoms with Crippen LogP contribution < -0.4 is 0 Å². The monoisotopic (exact) mass is 447 g/mol. The lowest BCUT2D eigenvalue weighted by Gasteiger charge is -2.33. The van der Waals surface area contributed by atoms with Crippen molar-refractivity contribution in [3.63, 3.8) is 0 Å². The molecule has 1 aromatic heterocycles. The number of hydrogen-bond acceptors (Lipinski definition) is 5. The maximum absolute atomic E-state index is 13.1. The van der Waals surface area contributed by atoms with Gasteiger partial charge in [-0.25, -0.2) is 8.42 Å². The fraction of sp³-hybridized carbons (Fsp3) is 0.174. The first kappa shape index (κ1) is 20.3. The van der Waals surface area contributed by atoms with Gasteiger partial charge >= 0.3 is 0 Å². The van der Waals surface area contributed by atoms with Crippen LogP contribution in [0.25, 0.3) is 16.5 Å². The van der Waals surface area contributed by atoms with E-state index in [4.69, 9.17) is 0 Å². The minimum atomic E-state index is -3.64. The van der Waals surface area contributed by atoms with Gasteiger partial charge in [-0.1, -0.05) is 48.5 Å².